The number of amides is 1. The van der Waals surface area contributed by atoms with Crippen molar-refractivity contribution in [1.29, 1.82) is 0 Å². The third-order valence-electron chi connectivity index (χ3n) is 6.04. The number of carbonyl (C=O) groups excluding carboxylic acids is 1. The van der Waals surface area contributed by atoms with Gasteiger partial charge in [-0.05, 0) is 42.4 Å². The van der Waals surface area contributed by atoms with E-state index in [1.807, 2.05) is 0 Å². The van der Waals surface area contributed by atoms with E-state index in [0.29, 0.717) is 49.3 Å². The Morgan fingerprint density at radius 3 is 2.94 bits per heavy atom. The Morgan fingerprint density at radius 1 is 1.25 bits per heavy atom. The van der Waals surface area contributed by atoms with Crippen molar-refractivity contribution >= 4 is 5.91 Å². The number of rotatable bonds is 8. The van der Waals surface area contributed by atoms with Crippen molar-refractivity contribution in [1.82, 2.24) is 15.1 Å². The summed E-state index contributed by atoms with van der Waals surface area (Å²) in [5.74, 6) is 1.65. The molecule has 1 amide bonds. The highest BCUT2D eigenvalue weighted by Gasteiger charge is 2.28. The van der Waals surface area contributed by atoms with Crippen molar-refractivity contribution in [2.24, 2.45) is 5.92 Å². The summed E-state index contributed by atoms with van der Waals surface area (Å²) in [5, 5.41) is 7.32. The van der Waals surface area contributed by atoms with Crippen LogP contribution in [0.25, 0.3) is 0 Å². The fraction of sp³-hybridized carbons (Fsp3) is 0.565. The molecule has 0 spiro atoms. The first-order valence-corrected chi connectivity index (χ1v) is 11.2. The van der Waals surface area contributed by atoms with Gasteiger partial charge in [-0.3, -0.25) is 4.79 Å². The van der Waals surface area contributed by atoms with Crippen molar-refractivity contribution in [3.63, 3.8) is 0 Å². The third kappa shape index (κ3) is 5.03. The molecule has 1 saturated carbocycles. The first-order valence-electron chi connectivity index (χ1n) is 11.2. The topological polar surface area (TPSA) is 74.6 Å². The van der Waals surface area contributed by atoms with Gasteiger partial charge in [0.2, 0.25) is 12.3 Å². The van der Waals surface area contributed by atoms with Gasteiger partial charge in [0, 0.05) is 32.1 Å². The van der Waals surface area contributed by atoms with Gasteiger partial charge < -0.3 is 19.5 Å². The van der Waals surface area contributed by atoms with Crippen molar-refractivity contribution in [2.45, 2.75) is 57.2 Å². The fourth-order valence-electron chi connectivity index (χ4n) is 4.13. The van der Waals surface area contributed by atoms with E-state index in [9.17, 15) is 13.6 Å². The number of hydrogen-bond acceptors (Lipinski definition) is 5. The molecule has 1 fully saturated rings. The van der Waals surface area contributed by atoms with E-state index in [1.54, 1.807) is 28.9 Å². The molecule has 172 valence electrons. The molecule has 7 nitrogen and oxygen atoms in total. The van der Waals surface area contributed by atoms with Crippen LogP contribution < -0.4 is 14.8 Å². The van der Waals surface area contributed by atoms with Crippen LogP contribution in [0, 0.1) is 5.92 Å². The highest BCUT2D eigenvalue weighted by Crippen LogP contribution is 2.30. The standard InChI is InChI=1S/C23H27F2N3O4/c24-21(25)8-15-3-4-20-16(7-15)9-17(12-31-20)26-23(29)19-10-22-28(27-19)6-5-18(32-22)13-30-11-14-1-2-14/h3-4,7,10,14,17-18,21H,1-2,5-6,8-9,11-13H2,(H,26,29)/t17-,18?/m1/s1. The van der Waals surface area contributed by atoms with E-state index in [2.05, 4.69) is 10.4 Å². The Bertz CT molecular complexity index is 976. The van der Waals surface area contributed by atoms with Gasteiger partial charge in [-0.2, -0.15) is 5.10 Å². The quantitative estimate of drug-likeness (QED) is 0.674. The predicted molar refractivity (Wildman–Crippen MR) is 111 cm³/mol. The largest absolute Gasteiger partial charge is 0.491 e. The van der Waals surface area contributed by atoms with Gasteiger partial charge in [-0.15, -0.1) is 0 Å². The number of fused-ring (bicyclic) bond motifs is 2. The van der Waals surface area contributed by atoms with Crippen molar-refractivity contribution in [3.05, 3.63) is 41.1 Å². The number of nitrogens with one attached hydrogen (secondary N) is 1. The molecule has 1 aromatic carbocycles. The molecule has 0 bridgehead atoms. The van der Waals surface area contributed by atoms with Crippen LogP contribution in [0.4, 0.5) is 8.78 Å². The number of aryl methyl sites for hydroxylation is 1. The molecule has 32 heavy (non-hydrogen) atoms. The molecule has 2 aromatic rings. The fourth-order valence-corrected chi connectivity index (χ4v) is 4.13. The summed E-state index contributed by atoms with van der Waals surface area (Å²) in [4.78, 5) is 12.8. The minimum Gasteiger partial charge on any atom is -0.491 e. The van der Waals surface area contributed by atoms with Crippen molar-refractivity contribution in [3.8, 4) is 11.6 Å². The molecule has 1 unspecified atom stereocenters. The molecule has 5 rings (SSSR count). The molecular formula is C23H27F2N3O4. The van der Waals surface area contributed by atoms with E-state index < -0.39 is 6.43 Å². The van der Waals surface area contributed by atoms with Crippen LogP contribution in [0.5, 0.6) is 11.6 Å². The molecule has 2 aliphatic heterocycles. The number of benzene rings is 1. The van der Waals surface area contributed by atoms with Crippen LogP contribution in [0.1, 0.15) is 40.9 Å². The zero-order valence-corrected chi connectivity index (χ0v) is 17.8. The summed E-state index contributed by atoms with van der Waals surface area (Å²) in [6, 6.07) is 6.50. The molecule has 3 aliphatic rings. The van der Waals surface area contributed by atoms with E-state index in [4.69, 9.17) is 14.2 Å². The molecule has 1 N–H and O–H groups in total. The Labute approximate surface area is 185 Å². The summed E-state index contributed by atoms with van der Waals surface area (Å²) in [5.41, 5.74) is 1.67. The number of ether oxygens (including phenoxy) is 3. The maximum absolute atomic E-state index is 12.8. The number of hydrogen-bond donors (Lipinski definition) is 1. The first kappa shape index (κ1) is 21.2. The third-order valence-corrected chi connectivity index (χ3v) is 6.04. The molecule has 2 atom stereocenters. The number of halogens is 2. The maximum atomic E-state index is 12.8. The number of aromatic nitrogens is 2. The van der Waals surface area contributed by atoms with E-state index >= 15 is 0 Å². The average molecular weight is 447 g/mol. The Morgan fingerprint density at radius 2 is 2.12 bits per heavy atom. The maximum Gasteiger partial charge on any atom is 0.272 e. The van der Waals surface area contributed by atoms with E-state index in [1.165, 1.54) is 12.8 Å². The number of alkyl halides is 2. The molecule has 1 aliphatic carbocycles. The van der Waals surface area contributed by atoms with Gasteiger partial charge in [0.25, 0.3) is 5.91 Å². The summed E-state index contributed by atoms with van der Waals surface area (Å²) in [6.07, 6.45) is 1.09. The molecule has 1 aromatic heterocycles. The van der Waals surface area contributed by atoms with Gasteiger partial charge in [0.15, 0.2) is 5.69 Å². The number of carbonyl (C=O) groups is 1. The lowest BCUT2D eigenvalue weighted by Crippen LogP contribution is -2.43. The molecule has 9 heteroatoms. The minimum absolute atomic E-state index is 0.0282. The Balaban J connectivity index is 1.17. The normalized spacial score (nSPS) is 22.0. The monoisotopic (exact) mass is 447 g/mol. The van der Waals surface area contributed by atoms with Crippen LogP contribution in [0.15, 0.2) is 24.3 Å². The lowest BCUT2D eigenvalue weighted by Gasteiger charge is -2.26. The zero-order valence-electron chi connectivity index (χ0n) is 17.8. The average Bonchev–Trinajstić information content (AvgIpc) is 3.49. The van der Waals surface area contributed by atoms with Crippen LogP contribution in [-0.4, -0.2) is 54.1 Å². The second kappa shape index (κ2) is 9.05. The minimum atomic E-state index is -2.40. The van der Waals surface area contributed by atoms with E-state index in [-0.39, 0.29) is 30.2 Å². The summed E-state index contributed by atoms with van der Waals surface area (Å²) < 4.78 is 44.5. The van der Waals surface area contributed by atoms with Gasteiger partial charge in [0.05, 0.1) is 12.6 Å². The molecular weight excluding hydrogens is 420 g/mol. The van der Waals surface area contributed by atoms with Crippen LogP contribution in [0.2, 0.25) is 0 Å². The lowest BCUT2D eigenvalue weighted by molar-refractivity contribution is 0.0221. The van der Waals surface area contributed by atoms with Crippen molar-refractivity contribution < 1.29 is 27.8 Å². The van der Waals surface area contributed by atoms with Crippen LogP contribution in [0.3, 0.4) is 0 Å². The second-order valence-electron chi connectivity index (χ2n) is 8.82. The van der Waals surface area contributed by atoms with E-state index in [0.717, 1.165) is 18.6 Å². The van der Waals surface area contributed by atoms with Crippen LogP contribution in [-0.2, 0) is 24.1 Å². The Hall–Kier alpha value is -2.68. The van der Waals surface area contributed by atoms with Crippen LogP contribution >= 0.6 is 0 Å². The summed E-state index contributed by atoms with van der Waals surface area (Å²) >= 11 is 0. The highest BCUT2D eigenvalue weighted by atomic mass is 19.3. The second-order valence-corrected chi connectivity index (χ2v) is 8.82. The first-order chi connectivity index (χ1) is 15.5. The summed E-state index contributed by atoms with van der Waals surface area (Å²) in [6.45, 7) is 2.34. The molecule has 0 radical (unpaired) electrons. The van der Waals surface area contributed by atoms with Crippen molar-refractivity contribution in [2.75, 3.05) is 19.8 Å². The van der Waals surface area contributed by atoms with Gasteiger partial charge >= 0.3 is 0 Å². The smallest absolute Gasteiger partial charge is 0.272 e. The van der Waals surface area contributed by atoms with Gasteiger partial charge in [0.1, 0.15) is 18.5 Å². The lowest BCUT2D eigenvalue weighted by atomic mass is 9.99. The predicted octanol–water partition coefficient (Wildman–Crippen LogP) is 3.00. The SMILES string of the molecule is O=C(N[C@H]1COc2ccc(CC(F)F)cc2C1)c1cc2n(n1)CCC(COCC1CC1)O2. The zero-order chi connectivity index (χ0) is 22.1. The summed E-state index contributed by atoms with van der Waals surface area (Å²) in [7, 11) is 0. The Kier molecular flexibility index (Phi) is 5.99. The van der Waals surface area contributed by atoms with Gasteiger partial charge in [-0.1, -0.05) is 12.1 Å². The number of nitrogens with zero attached hydrogens (tertiary/aromatic N) is 2. The highest BCUT2D eigenvalue weighted by molar-refractivity contribution is 5.92. The van der Waals surface area contributed by atoms with Gasteiger partial charge in [-0.25, -0.2) is 13.5 Å². The molecule has 3 heterocycles. The molecule has 0 saturated heterocycles.